The van der Waals surface area contributed by atoms with Crippen LogP contribution in [-0.4, -0.2) is 49.3 Å². The van der Waals surface area contributed by atoms with E-state index in [2.05, 4.69) is 4.90 Å². The van der Waals surface area contributed by atoms with Gasteiger partial charge in [0.15, 0.2) is 0 Å². The molecule has 0 aromatic rings. The van der Waals surface area contributed by atoms with Crippen LogP contribution in [0.15, 0.2) is 0 Å². The first-order valence-corrected chi connectivity index (χ1v) is 6.12. The summed E-state index contributed by atoms with van der Waals surface area (Å²) in [6.07, 6.45) is 2.91. The van der Waals surface area contributed by atoms with Crippen LogP contribution in [0.1, 0.15) is 26.2 Å². The fourth-order valence-corrected chi connectivity index (χ4v) is 2.20. The van der Waals surface area contributed by atoms with Crippen LogP contribution in [0, 0.1) is 11.8 Å². The van der Waals surface area contributed by atoms with Gasteiger partial charge in [-0.1, -0.05) is 6.92 Å². The summed E-state index contributed by atoms with van der Waals surface area (Å²) < 4.78 is 5.31. The third-order valence-electron chi connectivity index (χ3n) is 3.28. The van der Waals surface area contributed by atoms with Gasteiger partial charge >= 0.3 is 5.97 Å². The van der Waals surface area contributed by atoms with Crippen LogP contribution in [0.5, 0.6) is 0 Å². The third kappa shape index (κ3) is 4.49. The van der Waals surface area contributed by atoms with E-state index in [9.17, 15) is 4.79 Å². The molecule has 1 aliphatic rings. The molecule has 0 aromatic carbocycles. The van der Waals surface area contributed by atoms with Gasteiger partial charge < -0.3 is 14.7 Å². The SMILES string of the molecule is CCC(CN(C)CC1CCOCC1)C(=O)O. The number of carboxylic acids is 1. The maximum atomic E-state index is 10.9. The van der Waals surface area contributed by atoms with E-state index in [-0.39, 0.29) is 5.92 Å². The lowest BCUT2D eigenvalue weighted by molar-refractivity contribution is -0.142. The van der Waals surface area contributed by atoms with E-state index >= 15 is 0 Å². The topological polar surface area (TPSA) is 49.8 Å². The largest absolute Gasteiger partial charge is 0.481 e. The summed E-state index contributed by atoms with van der Waals surface area (Å²) in [5, 5.41) is 8.98. The highest BCUT2D eigenvalue weighted by Crippen LogP contribution is 2.16. The van der Waals surface area contributed by atoms with E-state index in [1.165, 1.54) is 0 Å². The van der Waals surface area contributed by atoms with Crippen molar-refractivity contribution in [2.75, 3.05) is 33.4 Å². The molecule has 0 aromatic heterocycles. The molecule has 1 atom stereocenters. The summed E-state index contributed by atoms with van der Waals surface area (Å²) in [7, 11) is 2.01. The van der Waals surface area contributed by atoms with Gasteiger partial charge in [-0.05, 0) is 32.2 Å². The number of hydrogen-bond acceptors (Lipinski definition) is 3. The third-order valence-corrected chi connectivity index (χ3v) is 3.28. The number of hydrogen-bond donors (Lipinski definition) is 1. The molecule has 4 heteroatoms. The van der Waals surface area contributed by atoms with Crippen molar-refractivity contribution in [1.29, 1.82) is 0 Å². The molecule has 1 saturated heterocycles. The number of nitrogens with zero attached hydrogens (tertiary/aromatic N) is 1. The lowest BCUT2D eigenvalue weighted by Gasteiger charge is -2.28. The molecule has 16 heavy (non-hydrogen) atoms. The molecule has 0 bridgehead atoms. The van der Waals surface area contributed by atoms with Gasteiger partial charge in [0.1, 0.15) is 0 Å². The van der Waals surface area contributed by atoms with Gasteiger partial charge in [-0.3, -0.25) is 4.79 Å². The Morgan fingerprint density at radius 3 is 2.62 bits per heavy atom. The molecular weight excluding hydrogens is 206 g/mol. The van der Waals surface area contributed by atoms with Crippen molar-refractivity contribution in [2.45, 2.75) is 26.2 Å². The lowest BCUT2D eigenvalue weighted by atomic mass is 9.99. The molecular formula is C12H23NO3. The Labute approximate surface area is 97.6 Å². The summed E-state index contributed by atoms with van der Waals surface area (Å²) in [4.78, 5) is 13.1. The zero-order chi connectivity index (χ0) is 12.0. The normalized spacial score (nSPS) is 19.9. The molecule has 0 aliphatic carbocycles. The Bertz CT molecular complexity index is 214. The van der Waals surface area contributed by atoms with E-state index in [1.807, 2.05) is 14.0 Å². The van der Waals surface area contributed by atoms with E-state index < -0.39 is 5.97 Å². The predicted octanol–water partition coefficient (Wildman–Crippen LogP) is 1.46. The molecule has 1 fully saturated rings. The standard InChI is InChI=1S/C12H23NO3/c1-3-11(12(14)15)9-13(2)8-10-4-6-16-7-5-10/h10-11H,3-9H2,1-2H3,(H,14,15). The molecule has 94 valence electrons. The Hall–Kier alpha value is -0.610. The van der Waals surface area contributed by atoms with Crippen LogP contribution in [0.3, 0.4) is 0 Å². The zero-order valence-corrected chi connectivity index (χ0v) is 10.3. The molecule has 0 radical (unpaired) electrons. The van der Waals surface area contributed by atoms with Crippen molar-refractivity contribution in [3.8, 4) is 0 Å². The van der Waals surface area contributed by atoms with Gasteiger partial charge in [-0.15, -0.1) is 0 Å². The maximum absolute atomic E-state index is 10.9. The highest BCUT2D eigenvalue weighted by molar-refractivity contribution is 5.70. The van der Waals surface area contributed by atoms with Crippen LogP contribution in [0.25, 0.3) is 0 Å². The minimum atomic E-state index is -0.679. The second-order valence-corrected chi connectivity index (χ2v) is 4.72. The summed E-state index contributed by atoms with van der Waals surface area (Å²) in [6, 6.07) is 0. The highest BCUT2D eigenvalue weighted by atomic mass is 16.5. The van der Waals surface area contributed by atoms with E-state index in [4.69, 9.17) is 9.84 Å². The van der Waals surface area contributed by atoms with Gasteiger partial charge in [-0.25, -0.2) is 0 Å². The highest BCUT2D eigenvalue weighted by Gasteiger charge is 2.20. The van der Waals surface area contributed by atoms with E-state index in [1.54, 1.807) is 0 Å². The monoisotopic (exact) mass is 229 g/mol. The molecule has 0 amide bonds. The maximum Gasteiger partial charge on any atom is 0.307 e. The van der Waals surface area contributed by atoms with Crippen LogP contribution >= 0.6 is 0 Å². The fourth-order valence-electron chi connectivity index (χ4n) is 2.20. The van der Waals surface area contributed by atoms with Gasteiger partial charge in [0, 0.05) is 26.3 Å². The van der Waals surface area contributed by atoms with Crippen molar-refractivity contribution in [3.63, 3.8) is 0 Å². The van der Waals surface area contributed by atoms with Crippen LogP contribution < -0.4 is 0 Å². The van der Waals surface area contributed by atoms with Gasteiger partial charge in [0.2, 0.25) is 0 Å². The first kappa shape index (κ1) is 13.5. The molecule has 1 N–H and O–H groups in total. The van der Waals surface area contributed by atoms with Gasteiger partial charge in [-0.2, -0.15) is 0 Å². The number of ether oxygens (including phenoxy) is 1. The van der Waals surface area contributed by atoms with E-state index in [0.29, 0.717) is 18.9 Å². The Morgan fingerprint density at radius 2 is 2.12 bits per heavy atom. The molecule has 0 spiro atoms. The van der Waals surface area contributed by atoms with Crippen molar-refractivity contribution >= 4 is 5.97 Å². The molecule has 1 rings (SSSR count). The smallest absolute Gasteiger partial charge is 0.307 e. The minimum absolute atomic E-state index is 0.232. The predicted molar refractivity (Wildman–Crippen MR) is 62.5 cm³/mol. The quantitative estimate of drug-likeness (QED) is 0.749. The molecule has 0 saturated carbocycles. The molecule has 1 aliphatic heterocycles. The fraction of sp³-hybridized carbons (Fsp3) is 0.917. The summed E-state index contributed by atoms with van der Waals surface area (Å²) in [5.74, 6) is -0.240. The minimum Gasteiger partial charge on any atom is -0.481 e. The Kier molecular flexibility index (Phi) is 5.77. The second-order valence-electron chi connectivity index (χ2n) is 4.72. The van der Waals surface area contributed by atoms with Crippen LogP contribution in [0.4, 0.5) is 0 Å². The van der Waals surface area contributed by atoms with Gasteiger partial charge in [0.25, 0.3) is 0 Å². The van der Waals surface area contributed by atoms with Crippen molar-refractivity contribution in [3.05, 3.63) is 0 Å². The molecule has 1 heterocycles. The van der Waals surface area contributed by atoms with Crippen LogP contribution in [-0.2, 0) is 9.53 Å². The average Bonchev–Trinajstić information content (AvgIpc) is 2.27. The molecule has 4 nitrogen and oxygen atoms in total. The number of carboxylic acid groups (broad SMARTS) is 1. The van der Waals surface area contributed by atoms with Crippen LogP contribution in [0.2, 0.25) is 0 Å². The average molecular weight is 229 g/mol. The zero-order valence-electron chi connectivity index (χ0n) is 10.3. The van der Waals surface area contributed by atoms with Gasteiger partial charge in [0.05, 0.1) is 5.92 Å². The molecule has 1 unspecified atom stereocenters. The number of carbonyl (C=O) groups is 1. The van der Waals surface area contributed by atoms with Crippen molar-refractivity contribution in [2.24, 2.45) is 11.8 Å². The first-order valence-electron chi connectivity index (χ1n) is 6.12. The summed E-state index contributed by atoms with van der Waals surface area (Å²) in [6.45, 7) is 5.29. The second kappa shape index (κ2) is 6.86. The number of aliphatic carboxylic acids is 1. The first-order chi connectivity index (χ1) is 7.63. The summed E-state index contributed by atoms with van der Waals surface area (Å²) >= 11 is 0. The lowest BCUT2D eigenvalue weighted by Crippen LogP contribution is -2.35. The van der Waals surface area contributed by atoms with Crippen molar-refractivity contribution in [1.82, 2.24) is 4.90 Å². The van der Waals surface area contributed by atoms with E-state index in [0.717, 1.165) is 32.6 Å². The Morgan fingerprint density at radius 1 is 1.50 bits per heavy atom. The Balaban J connectivity index is 2.27. The van der Waals surface area contributed by atoms with Crippen molar-refractivity contribution < 1.29 is 14.6 Å². The number of rotatable bonds is 6. The summed E-state index contributed by atoms with van der Waals surface area (Å²) in [5.41, 5.74) is 0.